The third-order valence-corrected chi connectivity index (χ3v) is 16.1. The van der Waals surface area contributed by atoms with Crippen LogP contribution in [0.2, 0.25) is 0 Å². The molecule has 4 aliphatic heterocycles. The summed E-state index contributed by atoms with van der Waals surface area (Å²) in [5, 5.41) is 49.3. The SMILES string of the molecule is C=C1C=CN([C@@H]2O[C@H](CO[P@@](=S)(N[C@@H](C)C(=O)OC(C)C)Oc3ccccc3)[C@@H](O)[C@@]2(C)O)C(=O)C1.CC(C)OC(=O)[C@H](C)N[P@@](=S)(OC[C@H]1O[C@@H](N2C=CC(=O)CC2=O)[C@](C)(O)[C@@H]1O)Oc1ccccc1. The lowest BCUT2D eigenvalue weighted by Gasteiger charge is -2.35. The number of nitrogens with one attached hydrogen (secondary N) is 2. The number of nitrogens with zero attached hydrogens (tertiary/aromatic N) is 2. The van der Waals surface area contributed by atoms with Gasteiger partial charge in [-0.3, -0.25) is 33.8 Å². The van der Waals surface area contributed by atoms with E-state index in [0.717, 1.165) is 4.90 Å². The summed E-state index contributed by atoms with van der Waals surface area (Å²) in [6, 6.07) is 15.6. The third-order valence-electron chi connectivity index (χ3n) is 11.1. The molecule has 0 spiro atoms. The standard InChI is InChI=1S/C24H33N2O8PS.C23H31N2O9PS/c1-15(2)32-22(29)17(4)25-35(36,34-18-9-7-6-8-10-18)31-14-19-21(28)24(5,30)23(33-19)26-12-11-16(3)13-20(26)27;1-14(2)32-21(29)15(3)24-35(36,34-17-8-6-5-7-9-17)31-13-18-20(28)23(4,30)22(33-18)25-11-10-16(26)12-19(25)27/h6-12,15,17,19,21,23,28,30H,3,13-14H2,1-2,4-5H3,(H,25,36);5-11,14-15,18,20,22,28,30H,12-13H2,1-4H3,(H,24,36)/t17-,19+,21+,23+,24+,35-;15-,18+,20+,22+,23+,35+/m00/s1. The summed E-state index contributed by atoms with van der Waals surface area (Å²) in [6.07, 6.45) is -2.86. The molecule has 0 unspecified atom stereocenters. The van der Waals surface area contributed by atoms with E-state index >= 15 is 0 Å². The Morgan fingerprint density at radius 3 is 1.43 bits per heavy atom. The first-order valence-corrected chi connectivity index (χ1v) is 28.2. The van der Waals surface area contributed by atoms with E-state index < -0.39 is 91.3 Å². The largest absolute Gasteiger partial charge is 0.462 e. The van der Waals surface area contributed by atoms with Gasteiger partial charge in [-0.05, 0) is 121 Å². The number of ketones is 1. The van der Waals surface area contributed by atoms with Crippen LogP contribution in [-0.2, 0) is 75.6 Å². The first kappa shape index (κ1) is 58.6. The van der Waals surface area contributed by atoms with Crippen LogP contribution in [0.15, 0.2) is 97.4 Å². The molecular weight excluding hydrogens is 1020 g/mol. The van der Waals surface area contributed by atoms with Crippen LogP contribution >= 0.6 is 13.3 Å². The second kappa shape index (κ2) is 24.8. The molecule has 0 saturated carbocycles. The Labute approximate surface area is 428 Å². The summed E-state index contributed by atoms with van der Waals surface area (Å²) in [7, 11) is 0. The van der Waals surface area contributed by atoms with Crippen LogP contribution in [0.4, 0.5) is 0 Å². The van der Waals surface area contributed by atoms with Crippen molar-refractivity contribution in [1.29, 1.82) is 0 Å². The van der Waals surface area contributed by atoms with E-state index in [1.54, 1.807) is 102 Å². The summed E-state index contributed by atoms with van der Waals surface area (Å²) >= 11 is 11.3. The van der Waals surface area contributed by atoms with Crippen LogP contribution in [0.1, 0.15) is 68.2 Å². The summed E-state index contributed by atoms with van der Waals surface area (Å²) in [5.74, 6) is -1.54. The van der Waals surface area contributed by atoms with Crippen molar-refractivity contribution in [2.45, 2.75) is 141 Å². The molecule has 21 nitrogen and oxygen atoms in total. The minimum Gasteiger partial charge on any atom is -0.462 e. The minimum absolute atomic E-state index is 0.0731. The molecule has 0 bridgehead atoms. The molecule has 4 heterocycles. The maximum Gasteiger partial charge on any atom is 0.323 e. The number of carbonyl (C=O) groups excluding carboxylic acids is 5. The van der Waals surface area contributed by atoms with Gasteiger partial charge in [0.2, 0.25) is 11.8 Å². The Hall–Kier alpha value is -4.29. The van der Waals surface area contributed by atoms with E-state index in [9.17, 15) is 44.4 Å². The molecule has 2 aromatic carbocycles. The molecule has 12 atom stereocenters. The number of amides is 2. The molecule has 6 N–H and O–H groups in total. The normalized spacial score (nSPS) is 28.8. The van der Waals surface area contributed by atoms with Gasteiger partial charge >= 0.3 is 25.2 Å². The molecule has 2 amide bonds. The first-order chi connectivity index (χ1) is 33.6. The fourth-order valence-corrected chi connectivity index (χ4v) is 12.2. The Bertz CT molecular complexity index is 2260. The topological polar surface area (TPSA) is 271 Å². The quantitative estimate of drug-likeness (QED) is 0.0626. The fraction of sp³-hybridized carbons (Fsp3) is 0.511. The van der Waals surface area contributed by atoms with Crippen molar-refractivity contribution < 1.29 is 81.4 Å². The van der Waals surface area contributed by atoms with Gasteiger partial charge in [0.15, 0.2) is 18.2 Å². The van der Waals surface area contributed by atoms with Gasteiger partial charge in [0.25, 0.3) is 0 Å². The Kier molecular flexibility index (Phi) is 20.2. The third kappa shape index (κ3) is 15.4. The molecular formula is C47H64N4O17P2S2. The number of rotatable bonds is 20. The molecule has 4 aliphatic rings. The van der Waals surface area contributed by atoms with Crippen LogP contribution in [0.3, 0.4) is 0 Å². The molecule has 6 rings (SSSR count). The maximum atomic E-state index is 12.5. The first-order valence-electron chi connectivity index (χ1n) is 22.9. The monoisotopic (exact) mass is 1080 g/mol. The molecule has 396 valence electrons. The van der Waals surface area contributed by atoms with E-state index in [-0.39, 0.29) is 50.0 Å². The Balaban J connectivity index is 0.000000267. The molecule has 72 heavy (non-hydrogen) atoms. The van der Waals surface area contributed by atoms with Gasteiger partial charge in [0.05, 0.1) is 38.3 Å². The van der Waals surface area contributed by atoms with Crippen molar-refractivity contribution in [3.63, 3.8) is 0 Å². The second-order valence-electron chi connectivity index (χ2n) is 18.2. The number of aliphatic hydroxyl groups is 4. The van der Waals surface area contributed by atoms with Gasteiger partial charge in [-0.1, -0.05) is 43.0 Å². The molecule has 2 fully saturated rings. The average molecular weight is 1080 g/mol. The van der Waals surface area contributed by atoms with Crippen LogP contribution < -0.4 is 19.2 Å². The van der Waals surface area contributed by atoms with Crippen LogP contribution in [0.5, 0.6) is 11.5 Å². The zero-order chi connectivity index (χ0) is 53.3. The number of ether oxygens (including phenoxy) is 4. The van der Waals surface area contributed by atoms with Crippen molar-refractivity contribution in [3.05, 3.63) is 97.4 Å². The van der Waals surface area contributed by atoms with Crippen molar-refractivity contribution in [3.8, 4) is 11.5 Å². The lowest BCUT2D eigenvalue weighted by molar-refractivity contribution is -0.158. The summed E-state index contributed by atoms with van der Waals surface area (Å²) in [5.41, 5.74) is -3.04. The van der Waals surface area contributed by atoms with E-state index in [1.807, 2.05) is 6.07 Å². The minimum atomic E-state index is -3.42. The van der Waals surface area contributed by atoms with Crippen LogP contribution in [0.25, 0.3) is 0 Å². The highest BCUT2D eigenvalue weighted by Gasteiger charge is 2.57. The lowest BCUT2D eigenvalue weighted by atomic mass is 9.95. The molecule has 0 aromatic heterocycles. The highest BCUT2D eigenvalue weighted by Crippen LogP contribution is 2.48. The number of para-hydroxylation sites is 2. The number of hydrogen-bond donors (Lipinski definition) is 6. The number of hydrogen-bond acceptors (Lipinski definition) is 19. The van der Waals surface area contributed by atoms with Gasteiger partial charge in [0.1, 0.15) is 59.2 Å². The highest BCUT2D eigenvalue weighted by molar-refractivity contribution is 8.09. The Morgan fingerprint density at radius 1 is 0.694 bits per heavy atom. The van der Waals surface area contributed by atoms with Gasteiger partial charge < -0.3 is 57.5 Å². The lowest BCUT2D eigenvalue weighted by Crippen LogP contribution is -2.54. The van der Waals surface area contributed by atoms with Crippen LogP contribution in [-0.4, -0.2) is 145 Å². The van der Waals surface area contributed by atoms with E-state index in [0.29, 0.717) is 17.1 Å². The van der Waals surface area contributed by atoms with Crippen molar-refractivity contribution in [2.24, 2.45) is 0 Å². The van der Waals surface area contributed by atoms with Gasteiger partial charge in [-0.25, -0.2) is 10.2 Å². The van der Waals surface area contributed by atoms with Gasteiger partial charge in [-0.2, -0.15) is 0 Å². The van der Waals surface area contributed by atoms with Crippen molar-refractivity contribution >= 4 is 66.4 Å². The molecule has 0 aliphatic carbocycles. The van der Waals surface area contributed by atoms with Crippen LogP contribution in [0, 0.1) is 0 Å². The zero-order valence-corrected chi connectivity index (χ0v) is 44.5. The van der Waals surface area contributed by atoms with E-state index in [4.69, 9.17) is 60.7 Å². The van der Waals surface area contributed by atoms with Gasteiger partial charge in [0, 0.05) is 12.4 Å². The fourth-order valence-electron chi connectivity index (χ4n) is 7.34. The molecule has 0 radical (unpaired) electrons. The second-order valence-corrected chi connectivity index (χ2v) is 24.4. The predicted octanol–water partition coefficient (Wildman–Crippen LogP) is 3.76. The molecule has 25 heteroatoms. The summed E-state index contributed by atoms with van der Waals surface area (Å²) in [4.78, 5) is 63.4. The summed E-state index contributed by atoms with van der Waals surface area (Å²) < 4.78 is 45.8. The van der Waals surface area contributed by atoms with E-state index in [2.05, 4.69) is 16.8 Å². The number of allylic oxidation sites excluding steroid dienone is 2. The summed E-state index contributed by atoms with van der Waals surface area (Å²) in [6.45, 7) is 9.09. The highest BCUT2D eigenvalue weighted by atomic mass is 32.5. The smallest absolute Gasteiger partial charge is 0.323 e. The van der Waals surface area contributed by atoms with Crippen molar-refractivity contribution in [2.75, 3.05) is 13.2 Å². The van der Waals surface area contributed by atoms with E-state index in [1.165, 1.54) is 37.2 Å². The molecule has 2 aromatic rings. The Morgan fingerprint density at radius 2 is 1.07 bits per heavy atom. The average Bonchev–Trinajstić information content (AvgIpc) is 3.66. The predicted molar refractivity (Wildman–Crippen MR) is 268 cm³/mol. The van der Waals surface area contributed by atoms with Gasteiger partial charge in [-0.15, -0.1) is 0 Å². The zero-order valence-electron chi connectivity index (χ0n) is 41.1. The maximum absolute atomic E-state index is 12.5. The number of esters is 2. The number of carbonyl (C=O) groups is 5. The number of aliphatic hydroxyl groups excluding tert-OH is 2. The van der Waals surface area contributed by atoms with Crippen molar-refractivity contribution in [1.82, 2.24) is 20.0 Å². The number of benzene rings is 2. The molecule has 2 saturated heterocycles.